The van der Waals surface area contributed by atoms with Gasteiger partial charge in [0.25, 0.3) is 0 Å². The number of ether oxygens (including phenoxy) is 3. The van der Waals surface area contributed by atoms with Gasteiger partial charge in [0.05, 0.1) is 32.7 Å². The van der Waals surface area contributed by atoms with Crippen LogP contribution in [-0.4, -0.2) is 55.9 Å². The van der Waals surface area contributed by atoms with Gasteiger partial charge in [0.15, 0.2) is 11.5 Å². The van der Waals surface area contributed by atoms with Crippen LogP contribution in [-0.2, 0) is 20.7 Å². The number of esters is 1. The average molecular weight is 446 g/mol. The molecule has 7 nitrogen and oxygen atoms in total. The summed E-state index contributed by atoms with van der Waals surface area (Å²) in [6.07, 6.45) is 3.39. The Kier molecular flexibility index (Phi) is 6.65. The second kappa shape index (κ2) is 9.30. The minimum Gasteiger partial charge on any atom is -0.493 e. The van der Waals surface area contributed by atoms with Crippen LogP contribution in [0.2, 0.25) is 0 Å². The lowest BCUT2D eigenvalue weighted by molar-refractivity contribution is -0.151. The van der Waals surface area contributed by atoms with Gasteiger partial charge >= 0.3 is 11.9 Å². The molecule has 5 unspecified atom stereocenters. The first-order chi connectivity index (χ1) is 15.3. The minimum atomic E-state index is -0.902. The van der Waals surface area contributed by atoms with Crippen molar-refractivity contribution in [2.24, 2.45) is 29.6 Å². The molecular weight excluding hydrogens is 410 g/mol. The molecule has 1 saturated carbocycles. The van der Waals surface area contributed by atoms with Crippen molar-refractivity contribution in [1.82, 2.24) is 4.90 Å². The number of rotatable bonds is 8. The van der Waals surface area contributed by atoms with Gasteiger partial charge in [-0.15, -0.1) is 0 Å². The summed E-state index contributed by atoms with van der Waals surface area (Å²) in [4.78, 5) is 26.1. The smallest absolute Gasteiger partial charge is 0.309 e. The van der Waals surface area contributed by atoms with Gasteiger partial charge in [-0.1, -0.05) is 13.8 Å². The van der Waals surface area contributed by atoms with E-state index in [9.17, 15) is 9.59 Å². The van der Waals surface area contributed by atoms with Crippen LogP contribution >= 0.6 is 0 Å². The summed E-state index contributed by atoms with van der Waals surface area (Å²) < 4.78 is 16.7. The summed E-state index contributed by atoms with van der Waals surface area (Å²) in [5.74, 6) is 0.492. The summed E-state index contributed by atoms with van der Waals surface area (Å²) in [5.41, 5.74) is 2.57. The number of fused-ring (bicyclic) bond motifs is 3. The van der Waals surface area contributed by atoms with E-state index in [4.69, 9.17) is 19.3 Å². The Morgan fingerprint density at radius 2 is 1.81 bits per heavy atom. The minimum absolute atomic E-state index is 0.253. The van der Waals surface area contributed by atoms with Crippen molar-refractivity contribution in [2.45, 2.75) is 45.6 Å². The van der Waals surface area contributed by atoms with Gasteiger partial charge in [0, 0.05) is 19.1 Å². The molecule has 1 saturated heterocycles. The highest BCUT2D eigenvalue weighted by Crippen LogP contribution is 2.46. The van der Waals surface area contributed by atoms with Crippen molar-refractivity contribution in [3.8, 4) is 11.5 Å². The fraction of sp³-hybridized carbons (Fsp3) is 0.680. The van der Waals surface area contributed by atoms with Gasteiger partial charge in [-0.05, 0) is 66.7 Å². The van der Waals surface area contributed by atoms with Crippen LogP contribution in [0, 0.1) is 29.6 Å². The summed E-state index contributed by atoms with van der Waals surface area (Å²) >= 11 is 0. The highest BCUT2D eigenvalue weighted by Gasteiger charge is 2.50. The molecule has 32 heavy (non-hydrogen) atoms. The van der Waals surface area contributed by atoms with E-state index in [0.29, 0.717) is 24.9 Å². The number of carboxylic acid groups (broad SMARTS) is 1. The maximum Gasteiger partial charge on any atom is 0.309 e. The molecule has 1 aliphatic carbocycles. The van der Waals surface area contributed by atoms with Crippen molar-refractivity contribution in [2.75, 3.05) is 33.9 Å². The van der Waals surface area contributed by atoms with Gasteiger partial charge in [0.1, 0.15) is 0 Å². The largest absolute Gasteiger partial charge is 0.493 e. The number of carbonyl (C=O) groups excluding carboxylic acids is 1. The second-order valence-corrected chi connectivity index (χ2v) is 9.97. The zero-order valence-corrected chi connectivity index (χ0v) is 19.5. The molecule has 0 spiro atoms. The number of carbonyl (C=O) groups is 2. The number of methoxy groups -OCH3 is 2. The SMILES string of the molecule is COc1cc2c(cc1OC)C1CC(COC(=O)C3CC3C(=O)O)C(CC(C)C)CN1CC2. The number of aliphatic carboxylic acids is 1. The first kappa shape index (κ1) is 22.9. The fourth-order valence-electron chi connectivity index (χ4n) is 5.61. The van der Waals surface area contributed by atoms with Gasteiger partial charge in [-0.2, -0.15) is 0 Å². The van der Waals surface area contributed by atoms with E-state index in [1.807, 2.05) is 0 Å². The number of benzene rings is 1. The number of carboxylic acids is 1. The Hall–Kier alpha value is -2.28. The Morgan fingerprint density at radius 3 is 2.44 bits per heavy atom. The zero-order valence-electron chi connectivity index (χ0n) is 19.5. The lowest BCUT2D eigenvalue weighted by Crippen LogP contribution is -2.47. The third-order valence-electron chi connectivity index (χ3n) is 7.40. The van der Waals surface area contributed by atoms with Gasteiger partial charge in [-0.25, -0.2) is 0 Å². The van der Waals surface area contributed by atoms with E-state index in [0.717, 1.165) is 43.9 Å². The van der Waals surface area contributed by atoms with Crippen LogP contribution in [0.4, 0.5) is 0 Å². The molecule has 0 amide bonds. The third-order valence-corrected chi connectivity index (χ3v) is 7.40. The lowest BCUT2D eigenvalue weighted by Gasteiger charge is -2.47. The fourth-order valence-corrected chi connectivity index (χ4v) is 5.61. The zero-order chi connectivity index (χ0) is 23.0. The average Bonchev–Trinajstić information content (AvgIpc) is 3.57. The van der Waals surface area contributed by atoms with Crippen LogP contribution in [0.3, 0.4) is 0 Å². The molecule has 1 N–H and O–H groups in total. The summed E-state index contributed by atoms with van der Waals surface area (Å²) in [6, 6.07) is 4.47. The van der Waals surface area contributed by atoms with Crippen LogP contribution in [0.15, 0.2) is 12.1 Å². The van der Waals surface area contributed by atoms with Crippen LogP contribution in [0.5, 0.6) is 11.5 Å². The van der Waals surface area contributed by atoms with Crippen molar-refractivity contribution in [3.05, 3.63) is 23.3 Å². The monoisotopic (exact) mass is 445 g/mol. The normalized spacial score (nSPS) is 29.1. The number of hydrogen-bond donors (Lipinski definition) is 1. The van der Waals surface area contributed by atoms with E-state index in [-0.39, 0.29) is 17.9 Å². The molecule has 1 aromatic carbocycles. The quantitative estimate of drug-likeness (QED) is 0.613. The standard InChI is InChI=1S/C25H35NO6/c1-14(2)7-16-12-26-6-5-15-9-22(30-3)23(31-4)11-18(15)21(26)8-17(16)13-32-25(29)20-10-19(20)24(27)28/h9,11,14,16-17,19-21H,5-8,10,12-13H2,1-4H3,(H,27,28). The molecule has 3 aliphatic rings. The highest BCUT2D eigenvalue weighted by molar-refractivity contribution is 5.86. The Balaban J connectivity index is 1.51. The maximum atomic E-state index is 12.4. The highest BCUT2D eigenvalue weighted by atomic mass is 16.5. The molecule has 0 bridgehead atoms. The lowest BCUT2D eigenvalue weighted by atomic mass is 9.74. The summed E-state index contributed by atoms with van der Waals surface area (Å²) in [5, 5.41) is 9.10. The van der Waals surface area contributed by atoms with Crippen LogP contribution in [0.25, 0.3) is 0 Å². The van der Waals surface area contributed by atoms with E-state index in [2.05, 4.69) is 30.9 Å². The van der Waals surface area contributed by atoms with E-state index >= 15 is 0 Å². The summed E-state index contributed by atoms with van der Waals surface area (Å²) in [7, 11) is 3.32. The van der Waals surface area contributed by atoms with E-state index in [1.54, 1.807) is 14.2 Å². The molecule has 7 heteroatoms. The van der Waals surface area contributed by atoms with Gasteiger partial charge in [-0.3, -0.25) is 14.5 Å². The van der Waals surface area contributed by atoms with E-state index < -0.39 is 17.8 Å². The molecule has 5 atom stereocenters. The predicted molar refractivity (Wildman–Crippen MR) is 119 cm³/mol. The van der Waals surface area contributed by atoms with Crippen molar-refractivity contribution in [3.63, 3.8) is 0 Å². The Morgan fingerprint density at radius 1 is 1.09 bits per heavy atom. The molecule has 4 rings (SSSR count). The molecule has 0 aromatic heterocycles. The van der Waals surface area contributed by atoms with Gasteiger partial charge in [0.2, 0.25) is 0 Å². The predicted octanol–water partition coefficient (Wildman–Crippen LogP) is 3.55. The maximum absolute atomic E-state index is 12.4. The molecule has 1 aromatic rings. The molecular formula is C25H35NO6. The first-order valence-corrected chi connectivity index (χ1v) is 11.7. The number of piperidine rings is 1. The van der Waals surface area contributed by atoms with Crippen molar-refractivity contribution >= 4 is 11.9 Å². The Bertz CT molecular complexity index is 868. The van der Waals surface area contributed by atoms with Gasteiger partial charge < -0.3 is 19.3 Å². The first-order valence-electron chi connectivity index (χ1n) is 11.7. The molecule has 2 heterocycles. The van der Waals surface area contributed by atoms with Crippen molar-refractivity contribution in [1.29, 1.82) is 0 Å². The summed E-state index contributed by atoms with van der Waals surface area (Å²) in [6.45, 7) is 6.83. The third kappa shape index (κ3) is 4.58. The van der Waals surface area contributed by atoms with Crippen LogP contribution in [0.1, 0.15) is 50.3 Å². The number of hydrogen-bond acceptors (Lipinski definition) is 6. The molecule has 0 radical (unpaired) electrons. The molecule has 176 valence electrons. The number of nitrogens with zero attached hydrogens (tertiary/aromatic N) is 1. The van der Waals surface area contributed by atoms with Crippen LogP contribution < -0.4 is 9.47 Å². The molecule has 2 fully saturated rings. The topological polar surface area (TPSA) is 85.3 Å². The molecule has 2 aliphatic heterocycles. The second-order valence-electron chi connectivity index (χ2n) is 9.97. The van der Waals surface area contributed by atoms with E-state index in [1.165, 1.54) is 11.1 Å². The van der Waals surface area contributed by atoms with Crippen molar-refractivity contribution < 1.29 is 28.9 Å². The Labute approximate surface area is 190 Å².